The van der Waals surface area contributed by atoms with E-state index in [0.29, 0.717) is 0 Å². The van der Waals surface area contributed by atoms with Gasteiger partial charge in [0.2, 0.25) is 0 Å². The molecule has 0 fully saturated rings. The van der Waals surface area contributed by atoms with Crippen molar-refractivity contribution >= 4 is 11.8 Å². The first-order chi connectivity index (χ1) is 8.82. The zero-order valence-corrected chi connectivity index (χ0v) is 9.35. The lowest BCUT2D eigenvalue weighted by Gasteiger charge is -2.07. The van der Waals surface area contributed by atoms with Crippen LogP contribution in [0.25, 0.3) is 5.69 Å². The number of carboxylic acid groups (broad SMARTS) is 1. The molecule has 1 aromatic carbocycles. The third-order valence-electron chi connectivity index (χ3n) is 2.41. The SMILES string of the molecule is Nc1c(C(F)(F)F)c(C(=O)O)nn1-c1ccccc1. The molecule has 3 N–H and O–H groups in total. The fourth-order valence-corrected chi connectivity index (χ4v) is 1.63. The van der Waals surface area contributed by atoms with Crippen LogP contribution >= 0.6 is 0 Å². The van der Waals surface area contributed by atoms with Crippen LogP contribution in [-0.4, -0.2) is 20.9 Å². The van der Waals surface area contributed by atoms with E-state index in [0.717, 1.165) is 4.68 Å². The predicted molar refractivity (Wildman–Crippen MR) is 59.9 cm³/mol. The van der Waals surface area contributed by atoms with Crippen LogP contribution in [0.5, 0.6) is 0 Å². The first kappa shape index (κ1) is 12.9. The number of benzene rings is 1. The number of hydrogen-bond acceptors (Lipinski definition) is 3. The molecule has 1 aromatic heterocycles. The van der Waals surface area contributed by atoms with Crippen molar-refractivity contribution < 1.29 is 23.1 Å². The van der Waals surface area contributed by atoms with Crippen LogP contribution in [0.3, 0.4) is 0 Å². The average molecular weight is 271 g/mol. The molecule has 2 aromatic rings. The first-order valence-electron chi connectivity index (χ1n) is 5.06. The summed E-state index contributed by atoms with van der Waals surface area (Å²) < 4.78 is 39.2. The van der Waals surface area contributed by atoms with E-state index in [2.05, 4.69) is 5.10 Å². The van der Waals surface area contributed by atoms with Crippen molar-refractivity contribution in [3.05, 3.63) is 41.6 Å². The molecule has 5 nitrogen and oxygen atoms in total. The second kappa shape index (κ2) is 4.30. The number of aromatic carboxylic acids is 1. The van der Waals surface area contributed by atoms with Gasteiger partial charge in [-0.15, -0.1) is 0 Å². The minimum absolute atomic E-state index is 0.248. The van der Waals surface area contributed by atoms with Gasteiger partial charge in [-0.05, 0) is 12.1 Å². The zero-order valence-electron chi connectivity index (χ0n) is 9.35. The Balaban J connectivity index is 2.70. The van der Waals surface area contributed by atoms with Crippen LogP contribution in [0.2, 0.25) is 0 Å². The Morgan fingerprint density at radius 3 is 2.26 bits per heavy atom. The maximum Gasteiger partial charge on any atom is 0.422 e. The Hall–Kier alpha value is -2.51. The minimum atomic E-state index is -4.88. The third-order valence-corrected chi connectivity index (χ3v) is 2.41. The van der Waals surface area contributed by atoms with Gasteiger partial charge in [0.15, 0.2) is 5.69 Å². The van der Waals surface area contributed by atoms with Crippen LogP contribution in [-0.2, 0) is 6.18 Å². The summed E-state index contributed by atoms with van der Waals surface area (Å²) in [5.41, 5.74) is 3.07. The molecule has 1 heterocycles. The highest BCUT2D eigenvalue weighted by molar-refractivity contribution is 5.89. The highest BCUT2D eigenvalue weighted by Gasteiger charge is 2.41. The average Bonchev–Trinajstić information content (AvgIpc) is 2.68. The van der Waals surface area contributed by atoms with E-state index < -0.39 is 29.2 Å². The molecule has 0 amide bonds. The molecule has 8 heteroatoms. The number of carboxylic acids is 1. The van der Waals surface area contributed by atoms with Gasteiger partial charge in [0, 0.05) is 0 Å². The highest BCUT2D eigenvalue weighted by atomic mass is 19.4. The van der Waals surface area contributed by atoms with Crippen molar-refractivity contribution in [2.24, 2.45) is 0 Å². The van der Waals surface area contributed by atoms with Gasteiger partial charge in [-0.25, -0.2) is 9.48 Å². The number of para-hydroxylation sites is 1. The van der Waals surface area contributed by atoms with E-state index in [1.807, 2.05) is 0 Å². The second-order valence-electron chi connectivity index (χ2n) is 3.66. The van der Waals surface area contributed by atoms with E-state index in [4.69, 9.17) is 10.8 Å². The highest BCUT2D eigenvalue weighted by Crippen LogP contribution is 2.37. The summed E-state index contributed by atoms with van der Waals surface area (Å²) in [6.07, 6.45) is -4.88. The van der Waals surface area contributed by atoms with E-state index in [-0.39, 0.29) is 5.69 Å². The van der Waals surface area contributed by atoms with Crippen molar-refractivity contribution in [3.8, 4) is 5.69 Å². The minimum Gasteiger partial charge on any atom is -0.476 e. The number of rotatable bonds is 2. The second-order valence-corrected chi connectivity index (χ2v) is 3.66. The van der Waals surface area contributed by atoms with Gasteiger partial charge in [0.1, 0.15) is 11.4 Å². The molecule has 0 saturated carbocycles. The molecule has 100 valence electrons. The largest absolute Gasteiger partial charge is 0.476 e. The quantitative estimate of drug-likeness (QED) is 0.877. The molecule has 19 heavy (non-hydrogen) atoms. The number of nitrogens with two attached hydrogens (primary N) is 1. The summed E-state index contributed by atoms with van der Waals surface area (Å²) in [4.78, 5) is 10.8. The van der Waals surface area contributed by atoms with Crippen LogP contribution in [0.4, 0.5) is 19.0 Å². The maximum atomic E-state index is 12.8. The molecular weight excluding hydrogens is 263 g/mol. The first-order valence-corrected chi connectivity index (χ1v) is 5.06. The Morgan fingerprint density at radius 1 is 1.26 bits per heavy atom. The molecule has 0 unspecified atom stereocenters. The molecule has 0 spiro atoms. The number of alkyl halides is 3. The summed E-state index contributed by atoms with van der Waals surface area (Å²) >= 11 is 0. The van der Waals surface area contributed by atoms with Gasteiger partial charge in [0.25, 0.3) is 0 Å². The summed E-state index contributed by atoms with van der Waals surface area (Å²) in [5.74, 6) is -2.54. The number of nitrogens with zero attached hydrogens (tertiary/aromatic N) is 2. The fourth-order valence-electron chi connectivity index (χ4n) is 1.63. The van der Waals surface area contributed by atoms with Gasteiger partial charge in [-0.2, -0.15) is 18.3 Å². The molecule has 0 bridgehead atoms. The van der Waals surface area contributed by atoms with Crippen molar-refractivity contribution in [1.82, 2.24) is 9.78 Å². The number of halogens is 3. The Bertz CT molecular complexity index is 620. The Morgan fingerprint density at radius 2 is 1.84 bits per heavy atom. The van der Waals surface area contributed by atoms with E-state index in [1.54, 1.807) is 18.2 Å². The monoisotopic (exact) mass is 271 g/mol. The Kier molecular flexibility index (Phi) is 2.93. The molecule has 0 atom stereocenters. The van der Waals surface area contributed by atoms with Gasteiger partial charge < -0.3 is 10.8 Å². The van der Waals surface area contributed by atoms with Crippen molar-refractivity contribution in [2.75, 3.05) is 5.73 Å². The van der Waals surface area contributed by atoms with Gasteiger partial charge >= 0.3 is 12.1 Å². The molecular formula is C11H8F3N3O2. The summed E-state index contributed by atoms with van der Waals surface area (Å²) in [6, 6.07) is 7.74. The molecule has 0 radical (unpaired) electrons. The molecule has 0 aliphatic heterocycles. The number of hydrogen-bond donors (Lipinski definition) is 2. The molecule has 2 rings (SSSR count). The van der Waals surface area contributed by atoms with E-state index in [1.165, 1.54) is 12.1 Å². The Labute approximate surface area is 105 Å². The summed E-state index contributed by atoms with van der Waals surface area (Å²) in [7, 11) is 0. The number of aromatic nitrogens is 2. The summed E-state index contributed by atoms with van der Waals surface area (Å²) in [6.45, 7) is 0. The van der Waals surface area contributed by atoms with Crippen LogP contribution in [0.15, 0.2) is 30.3 Å². The maximum absolute atomic E-state index is 12.8. The van der Waals surface area contributed by atoms with Crippen molar-refractivity contribution in [3.63, 3.8) is 0 Å². The van der Waals surface area contributed by atoms with E-state index >= 15 is 0 Å². The normalized spacial score (nSPS) is 11.5. The molecule has 0 aliphatic carbocycles. The lowest BCUT2D eigenvalue weighted by Crippen LogP contribution is -2.13. The number of nitrogen functional groups attached to an aromatic ring is 1. The fraction of sp³-hybridized carbons (Fsp3) is 0.0909. The number of carbonyl (C=O) groups is 1. The van der Waals surface area contributed by atoms with Crippen LogP contribution in [0, 0.1) is 0 Å². The van der Waals surface area contributed by atoms with Crippen molar-refractivity contribution in [2.45, 2.75) is 6.18 Å². The lowest BCUT2D eigenvalue weighted by atomic mass is 10.2. The van der Waals surface area contributed by atoms with Crippen molar-refractivity contribution in [1.29, 1.82) is 0 Å². The van der Waals surface area contributed by atoms with Gasteiger partial charge in [-0.3, -0.25) is 0 Å². The smallest absolute Gasteiger partial charge is 0.422 e. The number of anilines is 1. The zero-order chi connectivity index (χ0) is 14.2. The topological polar surface area (TPSA) is 81.1 Å². The van der Waals surface area contributed by atoms with E-state index in [9.17, 15) is 18.0 Å². The summed E-state index contributed by atoms with van der Waals surface area (Å²) in [5, 5.41) is 12.2. The van der Waals surface area contributed by atoms with Gasteiger partial charge in [-0.1, -0.05) is 18.2 Å². The third kappa shape index (κ3) is 2.24. The van der Waals surface area contributed by atoms with Gasteiger partial charge in [0.05, 0.1) is 5.69 Å². The lowest BCUT2D eigenvalue weighted by molar-refractivity contribution is -0.137. The van der Waals surface area contributed by atoms with Crippen LogP contribution in [0.1, 0.15) is 16.1 Å². The van der Waals surface area contributed by atoms with Crippen LogP contribution < -0.4 is 5.73 Å². The molecule has 0 aliphatic rings. The predicted octanol–water partition coefficient (Wildman–Crippen LogP) is 2.17. The molecule has 0 saturated heterocycles. The standard InChI is InChI=1S/C11H8F3N3O2/c12-11(13,14)7-8(10(18)19)16-17(9(7)15)6-4-2-1-3-5-6/h1-5H,15H2,(H,18,19).